The van der Waals surface area contributed by atoms with Crippen LogP contribution in [-0.2, 0) is 4.74 Å². The number of hydrogen-bond donors (Lipinski definition) is 0. The smallest absolute Gasteiger partial charge is 0.355 e. The number of fused-ring (bicyclic) bond motifs is 1. The number of esters is 1. The number of unbranched alkanes of at least 4 members (excludes halogenated alkanes) is 1. The molecule has 3 rings (SSSR count). The quantitative estimate of drug-likeness (QED) is 0.754. The van der Waals surface area contributed by atoms with Crippen molar-refractivity contribution < 1.29 is 9.53 Å². The molecule has 1 fully saturated rings. The van der Waals surface area contributed by atoms with Gasteiger partial charge in [0.2, 0.25) is 0 Å². The van der Waals surface area contributed by atoms with Crippen LogP contribution in [0, 0.1) is 12.8 Å². The van der Waals surface area contributed by atoms with Gasteiger partial charge in [-0.1, -0.05) is 19.4 Å². The van der Waals surface area contributed by atoms with Crippen LogP contribution in [-0.4, -0.2) is 41.5 Å². The average Bonchev–Trinajstić information content (AvgIpc) is 2.96. The van der Waals surface area contributed by atoms with Crippen LogP contribution in [0.3, 0.4) is 0 Å². The van der Waals surface area contributed by atoms with Gasteiger partial charge in [0, 0.05) is 11.7 Å². The van der Waals surface area contributed by atoms with E-state index in [1.54, 1.807) is 0 Å². The van der Waals surface area contributed by atoms with E-state index in [0.717, 1.165) is 37.0 Å². The Kier molecular flexibility index (Phi) is 5.56. The van der Waals surface area contributed by atoms with Gasteiger partial charge in [0.1, 0.15) is 5.69 Å². The van der Waals surface area contributed by atoms with E-state index in [4.69, 9.17) is 4.74 Å². The summed E-state index contributed by atoms with van der Waals surface area (Å²) < 4.78 is 7.55. The SMILES string of the molecule is CCCCN1CCC(COC(=O)c2cc(C)c3ccccn23)CC1. The van der Waals surface area contributed by atoms with E-state index >= 15 is 0 Å². The number of ether oxygens (including phenoxy) is 1. The van der Waals surface area contributed by atoms with Crippen molar-refractivity contribution in [3.63, 3.8) is 0 Å². The predicted molar refractivity (Wildman–Crippen MR) is 96.5 cm³/mol. The molecule has 0 aromatic carbocycles. The summed E-state index contributed by atoms with van der Waals surface area (Å²) >= 11 is 0. The van der Waals surface area contributed by atoms with Crippen molar-refractivity contribution in [3.8, 4) is 0 Å². The summed E-state index contributed by atoms with van der Waals surface area (Å²) in [6.07, 6.45) is 6.71. The van der Waals surface area contributed by atoms with Crippen LogP contribution in [0.2, 0.25) is 0 Å². The Bertz CT molecular complexity index is 684. The van der Waals surface area contributed by atoms with Crippen molar-refractivity contribution >= 4 is 11.5 Å². The van der Waals surface area contributed by atoms with Gasteiger partial charge in [-0.2, -0.15) is 0 Å². The molecule has 130 valence electrons. The molecule has 1 saturated heterocycles. The molecule has 0 amide bonds. The van der Waals surface area contributed by atoms with Gasteiger partial charge in [-0.25, -0.2) is 4.79 Å². The molecule has 0 saturated carbocycles. The van der Waals surface area contributed by atoms with Crippen LogP contribution in [0.4, 0.5) is 0 Å². The lowest BCUT2D eigenvalue weighted by Gasteiger charge is -2.31. The topological polar surface area (TPSA) is 34.0 Å². The Balaban J connectivity index is 1.53. The van der Waals surface area contributed by atoms with Crippen LogP contribution < -0.4 is 0 Å². The zero-order valence-electron chi connectivity index (χ0n) is 14.8. The number of likely N-dealkylation sites (tertiary alicyclic amines) is 1. The number of carbonyl (C=O) groups excluding carboxylic acids is 1. The molecule has 0 unspecified atom stereocenters. The van der Waals surface area contributed by atoms with Crippen LogP contribution in [0.1, 0.15) is 48.7 Å². The Morgan fingerprint density at radius 1 is 1.29 bits per heavy atom. The number of aromatic nitrogens is 1. The lowest BCUT2D eigenvalue weighted by Crippen LogP contribution is -2.36. The molecule has 4 nitrogen and oxygen atoms in total. The highest BCUT2D eigenvalue weighted by molar-refractivity contribution is 5.90. The van der Waals surface area contributed by atoms with E-state index in [-0.39, 0.29) is 5.97 Å². The maximum absolute atomic E-state index is 12.5. The molecule has 2 aromatic rings. The van der Waals surface area contributed by atoms with Gasteiger partial charge in [0.05, 0.1) is 6.61 Å². The molecule has 0 atom stereocenters. The van der Waals surface area contributed by atoms with E-state index < -0.39 is 0 Å². The zero-order chi connectivity index (χ0) is 16.9. The average molecular weight is 328 g/mol. The van der Waals surface area contributed by atoms with Crippen molar-refractivity contribution in [2.45, 2.75) is 39.5 Å². The molecule has 2 aromatic heterocycles. The van der Waals surface area contributed by atoms with Crippen LogP contribution in [0.25, 0.3) is 5.52 Å². The number of aryl methyl sites for hydroxylation is 1. The fourth-order valence-corrected chi connectivity index (χ4v) is 3.51. The van der Waals surface area contributed by atoms with Gasteiger partial charge >= 0.3 is 5.97 Å². The van der Waals surface area contributed by atoms with Gasteiger partial charge in [-0.15, -0.1) is 0 Å². The van der Waals surface area contributed by atoms with Gasteiger partial charge in [-0.3, -0.25) is 0 Å². The minimum atomic E-state index is -0.210. The highest BCUT2D eigenvalue weighted by Gasteiger charge is 2.21. The Morgan fingerprint density at radius 2 is 2.08 bits per heavy atom. The fraction of sp³-hybridized carbons (Fsp3) is 0.550. The van der Waals surface area contributed by atoms with Crippen molar-refractivity contribution in [2.75, 3.05) is 26.2 Å². The lowest BCUT2D eigenvalue weighted by molar-refractivity contribution is 0.0364. The van der Waals surface area contributed by atoms with Crippen molar-refractivity contribution in [1.29, 1.82) is 0 Å². The van der Waals surface area contributed by atoms with Crippen LogP contribution in [0.15, 0.2) is 30.5 Å². The first kappa shape index (κ1) is 17.0. The predicted octanol–water partition coefficient (Wildman–Crippen LogP) is 3.92. The molecule has 1 aliphatic heterocycles. The third-order valence-corrected chi connectivity index (χ3v) is 5.07. The number of piperidine rings is 1. The van der Waals surface area contributed by atoms with E-state index in [1.165, 1.54) is 19.4 Å². The molecule has 0 spiro atoms. The normalized spacial score (nSPS) is 16.6. The first-order valence-corrected chi connectivity index (χ1v) is 9.15. The number of rotatable bonds is 6. The molecule has 0 bridgehead atoms. The van der Waals surface area contributed by atoms with Crippen molar-refractivity contribution in [1.82, 2.24) is 9.30 Å². The number of pyridine rings is 1. The van der Waals surface area contributed by atoms with Gasteiger partial charge in [0.15, 0.2) is 0 Å². The van der Waals surface area contributed by atoms with E-state index in [1.807, 2.05) is 41.8 Å². The summed E-state index contributed by atoms with van der Waals surface area (Å²) in [5, 5.41) is 0. The summed E-state index contributed by atoms with van der Waals surface area (Å²) in [6.45, 7) is 8.28. The molecule has 24 heavy (non-hydrogen) atoms. The molecule has 3 heterocycles. The van der Waals surface area contributed by atoms with E-state index in [2.05, 4.69) is 11.8 Å². The molecular weight excluding hydrogens is 300 g/mol. The third kappa shape index (κ3) is 3.81. The summed E-state index contributed by atoms with van der Waals surface area (Å²) in [5.74, 6) is 0.289. The Morgan fingerprint density at radius 3 is 2.83 bits per heavy atom. The highest BCUT2D eigenvalue weighted by atomic mass is 16.5. The van der Waals surface area contributed by atoms with Gasteiger partial charge in [-0.05, 0) is 75.5 Å². The minimum Gasteiger partial charge on any atom is -0.461 e. The Hall–Kier alpha value is -1.81. The maximum atomic E-state index is 12.5. The first-order chi connectivity index (χ1) is 11.7. The largest absolute Gasteiger partial charge is 0.461 e. The molecule has 0 radical (unpaired) electrons. The molecule has 0 aliphatic carbocycles. The fourth-order valence-electron chi connectivity index (χ4n) is 3.51. The van der Waals surface area contributed by atoms with Crippen LogP contribution in [0.5, 0.6) is 0 Å². The number of hydrogen-bond acceptors (Lipinski definition) is 3. The maximum Gasteiger partial charge on any atom is 0.355 e. The van der Waals surface area contributed by atoms with E-state index in [9.17, 15) is 4.79 Å². The van der Waals surface area contributed by atoms with E-state index in [0.29, 0.717) is 18.2 Å². The second-order valence-corrected chi connectivity index (χ2v) is 6.91. The Labute approximate surface area is 144 Å². The molecule has 4 heteroatoms. The minimum absolute atomic E-state index is 0.210. The van der Waals surface area contributed by atoms with Crippen molar-refractivity contribution in [3.05, 3.63) is 41.7 Å². The third-order valence-electron chi connectivity index (χ3n) is 5.07. The number of carbonyl (C=O) groups is 1. The second kappa shape index (κ2) is 7.84. The summed E-state index contributed by atoms with van der Waals surface area (Å²) in [4.78, 5) is 15.0. The standard InChI is InChI=1S/C20H28N2O2/c1-3-4-10-21-12-8-17(9-13-21)15-24-20(23)19-14-16(2)18-7-5-6-11-22(18)19/h5-7,11,14,17H,3-4,8-10,12-13,15H2,1-2H3. The summed E-state index contributed by atoms with van der Waals surface area (Å²) in [6, 6.07) is 7.88. The van der Waals surface area contributed by atoms with Gasteiger partial charge < -0.3 is 14.0 Å². The lowest BCUT2D eigenvalue weighted by atomic mass is 9.97. The molecular formula is C20H28N2O2. The van der Waals surface area contributed by atoms with Crippen LogP contribution >= 0.6 is 0 Å². The number of nitrogens with zero attached hydrogens (tertiary/aromatic N) is 2. The highest BCUT2D eigenvalue weighted by Crippen LogP contribution is 2.20. The monoisotopic (exact) mass is 328 g/mol. The molecule has 1 aliphatic rings. The van der Waals surface area contributed by atoms with Gasteiger partial charge in [0.25, 0.3) is 0 Å². The summed E-state index contributed by atoms with van der Waals surface area (Å²) in [5.41, 5.74) is 2.80. The second-order valence-electron chi connectivity index (χ2n) is 6.91. The summed E-state index contributed by atoms with van der Waals surface area (Å²) in [7, 11) is 0. The van der Waals surface area contributed by atoms with Crippen molar-refractivity contribution in [2.24, 2.45) is 5.92 Å². The first-order valence-electron chi connectivity index (χ1n) is 9.15. The molecule has 0 N–H and O–H groups in total. The zero-order valence-corrected chi connectivity index (χ0v) is 14.8.